The maximum Gasteiger partial charge on any atom is 0.255 e. The van der Waals surface area contributed by atoms with Gasteiger partial charge in [0.2, 0.25) is 0 Å². The predicted molar refractivity (Wildman–Crippen MR) is 77.7 cm³/mol. The van der Waals surface area contributed by atoms with Crippen LogP contribution in [0.3, 0.4) is 0 Å². The molecule has 8 heteroatoms. The van der Waals surface area contributed by atoms with Crippen LogP contribution in [-0.4, -0.2) is 92.8 Å². The molecule has 2 aliphatic rings. The second kappa shape index (κ2) is 6.60. The molecule has 1 amide bonds. The van der Waals surface area contributed by atoms with E-state index in [2.05, 4.69) is 0 Å². The molecule has 0 aromatic rings. The van der Waals surface area contributed by atoms with Crippen molar-refractivity contribution in [2.24, 2.45) is 0 Å². The molecule has 2 heterocycles. The van der Waals surface area contributed by atoms with Crippen molar-refractivity contribution < 1.29 is 23.1 Å². The molecule has 2 rings (SSSR count). The first kappa shape index (κ1) is 16.7. The van der Waals surface area contributed by atoms with Gasteiger partial charge in [-0.15, -0.1) is 0 Å². The Bertz CT molecular complexity index is 467. The van der Waals surface area contributed by atoms with E-state index in [1.807, 2.05) is 4.90 Å². The minimum atomic E-state index is -2.95. The highest BCUT2D eigenvalue weighted by molar-refractivity contribution is 7.91. The van der Waals surface area contributed by atoms with E-state index in [0.29, 0.717) is 39.2 Å². The van der Waals surface area contributed by atoms with E-state index in [-0.39, 0.29) is 24.0 Å². The van der Waals surface area contributed by atoms with Gasteiger partial charge >= 0.3 is 0 Å². The van der Waals surface area contributed by atoms with Crippen LogP contribution in [0.15, 0.2) is 0 Å². The summed E-state index contributed by atoms with van der Waals surface area (Å²) in [5, 5.41) is 10.7. The Kier molecular flexibility index (Phi) is 5.24. The van der Waals surface area contributed by atoms with E-state index >= 15 is 0 Å². The van der Waals surface area contributed by atoms with Gasteiger partial charge in [0.15, 0.2) is 15.4 Å². The Labute approximate surface area is 125 Å². The van der Waals surface area contributed by atoms with Crippen LogP contribution in [0.4, 0.5) is 0 Å². The van der Waals surface area contributed by atoms with Gasteiger partial charge in [0.25, 0.3) is 5.91 Å². The zero-order chi connectivity index (χ0) is 15.5. The Morgan fingerprint density at radius 3 is 2.57 bits per heavy atom. The minimum absolute atomic E-state index is 0.102. The summed E-state index contributed by atoms with van der Waals surface area (Å²) in [4.78, 5) is 15.9. The summed E-state index contributed by atoms with van der Waals surface area (Å²) in [6.45, 7) is 2.55. The van der Waals surface area contributed by atoms with Gasteiger partial charge in [-0.25, -0.2) is 8.42 Å². The van der Waals surface area contributed by atoms with Crippen molar-refractivity contribution in [3.8, 4) is 0 Å². The fourth-order valence-corrected chi connectivity index (χ4v) is 4.18. The number of carbonyl (C=O) groups excluding carboxylic acids is 1. The third kappa shape index (κ3) is 4.15. The lowest BCUT2D eigenvalue weighted by atomic mass is 9.91. The van der Waals surface area contributed by atoms with Gasteiger partial charge in [-0.2, -0.15) is 0 Å². The lowest BCUT2D eigenvalue weighted by Crippen LogP contribution is -2.60. The van der Waals surface area contributed by atoms with Crippen LogP contribution in [0.2, 0.25) is 0 Å². The molecule has 122 valence electrons. The number of piperidine rings is 1. The molecule has 0 spiro atoms. The van der Waals surface area contributed by atoms with E-state index in [4.69, 9.17) is 4.74 Å². The Hall–Kier alpha value is -0.700. The highest BCUT2D eigenvalue weighted by Gasteiger charge is 2.43. The number of aliphatic hydroxyl groups is 1. The van der Waals surface area contributed by atoms with Crippen molar-refractivity contribution in [2.75, 3.05) is 57.9 Å². The first-order chi connectivity index (χ1) is 9.86. The van der Waals surface area contributed by atoms with Gasteiger partial charge in [0.1, 0.15) is 0 Å². The zero-order valence-corrected chi connectivity index (χ0v) is 13.3. The number of likely N-dealkylation sites (tertiary alicyclic amines) is 1. The smallest absolute Gasteiger partial charge is 0.255 e. The number of sulfone groups is 1. The first-order valence-corrected chi connectivity index (χ1v) is 9.12. The van der Waals surface area contributed by atoms with Crippen LogP contribution in [0.5, 0.6) is 0 Å². The van der Waals surface area contributed by atoms with Crippen molar-refractivity contribution in [1.29, 1.82) is 0 Å². The number of nitrogens with zero attached hydrogens (tertiary/aromatic N) is 2. The summed E-state index contributed by atoms with van der Waals surface area (Å²) in [5.74, 6) is -0.0609. The largest absolute Gasteiger partial charge is 0.383 e. The number of amides is 1. The van der Waals surface area contributed by atoms with Crippen LogP contribution < -0.4 is 0 Å². The average molecular weight is 320 g/mol. The second-order valence-electron chi connectivity index (χ2n) is 5.85. The predicted octanol–water partition coefficient (Wildman–Crippen LogP) is -1.28. The Morgan fingerprint density at radius 1 is 1.29 bits per heavy atom. The summed E-state index contributed by atoms with van der Waals surface area (Å²) in [7, 11) is -1.37. The zero-order valence-electron chi connectivity index (χ0n) is 12.5. The highest BCUT2D eigenvalue weighted by atomic mass is 32.2. The van der Waals surface area contributed by atoms with E-state index in [0.717, 1.165) is 6.42 Å². The quantitative estimate of drug-likeness (QED) is 0.679. The Morgan fingerprint density at radius 2 is 1.95 bits per heavy atom. The van der Waals surface area contributed by atoms with Crippen LogP contribution in [-0.2, 0) is 19.4 Å². The van der Waals surface area contributed by atoms with E-state index < -0.39 is 15.4 Å². The second-order valence-corrected chi connectivity index (χ2v) is 8.15. The van der Waals surface area contributed by atoms with Gasteiger partial charge in [-0.05, 0) is 12.8 Å². The molecule has 0 aromatic heterocycles. The molecule has 0 bridgehead atoms. The van der Waals surface area contributed by atoms with Crippen molar-refractivity contribution in [2.45, 2.75) is 18.4 Å². The molecule has 0 aromatic carbocycles. The van der Waals surface area contributed by atoms with Gasteiger partial charge < -0.3 is 14.7 Å². The monoisotopic (exact) mass is 320 g/mol. The SMILES string of the molecule is COCCN1CCC[C@@](O)(CN2CCS(=O)(=O)CC2)C1=O. The van der Waals surface area contributed by atoms with Crippen molar-refractivity contribution in [3.05, 3.63) is 0 Å². The van der Waals surface area contributed by atoms with Gasteiger partial charge in [0, 0.05) is 39.8 Å². The average Bonchev–Trinajstić information content (AvgIpc) is 2.43. The maximum absolute atomic E-state index is 12.4. The molecule has 2 saturated heterocycles. The number of ether oxygens (including phenoxy) is 1. The number of β-amino-alcohol motifs (C(OH)–C–C–N with tert-alkyl or cyclic N) is 1. The normalized spacial score (nSPS) is 30.6. The minimum Gasteiger partial charge on any atom is -0.383 e. The van der Waals surface area contributed by atoms with Crippen molar-refractivity contribution in [3.63, 3.8) is 0 Å². The molecule has 0 unspecified atom stereocenters. The van der Waals surface area contributed by atoms with Gasteiger partial charge in [0.05, 0.1) is 18.1 Å². The molecule has 2 aliphatic heterocycles. The summed E-state index contributed by atoms with van der Waals surface area (Å²) in [6, 6.07) is 0. The van der Waals surface area contributed by atoms with Crippen LogP contribution in [0.25, 0.3) is 0 Å². The third-order valence-electron chi connectivity index (χ3n) is 4.19. The van der Waals surface area contributed by atoms with Gasteiger partial charge in [-0.3, -0.25) is 9.69 Å². The Balaban J connectivity index is 1.95. The van der Waals surface area contributed by atoms with Crippen LogP contribution in [0.1, 0.15) is 12.8 Å². The third-order valence-corrected chi connectivity index (χ3v) is 5.80. The molecule has 1 N–H and O–H groups in total. The lowest BCUT2D eigenvalue weighted by Gasteiger charge is -2.41. The highest BCUT2D eigenvalue weighted by Crippen LogP contribution is 2.24. The number of hydrogen-bond acceptors (Lipinski definition) is 6. The molecule has 0 radical (unpaired) electrons. The molecular formula is C13H24N2O5S. The molecular weight excluding hydrogens is 296 g/mol. The number of methoxy groups -OCH3 is 1. The molecule has 1 atom stereocenters. The molecule has 0 saturated carbocycles. The number of carbonyl (C=O) groups is 1. The summed E-state index contributed by atoms with van der Waals surface area (Å²) in [6.07, 6.45) is 1.18. The molecule has 2 fully saturated rings. The topological polar surface area (TPSA) is 87.2 Å². The fraction of sp³-hybridized carbons (Fsp3) is 0.923. The maximum atomic E-state index is 12.4. The fourth-order valence-electron chi connectivity index (χ4n) is 2.90. The van der Waals surface area contributed by atoms with Crippen molar-refractivity contribution in [1.82, 2.24) is 9.80 Å². The molecule has 0 aliphatic carbocycles. The summed E-state index contributed by atoms with van der Waals surface area (Å²) < 4.78 is 27.8. The summed E-state index contributed by atoms with van der Waals surface area (Å²) in [5.41, 5.74) is -1.40. The van der Waals surface area contributed by atoms with Gasteiger partial charge in [-0.1, -0.05) is 0 Å². The molecule has 21 heavy (non-hydrogen) atoms. The van der Waals surface area contributed by atoms with Crippen LogP contribution >= 0.6 is 0 Å². The number of rotatable bonds is 5. The first-order valence-electron chi connectivity index (χ1n) is 7.30. The molecule has 7 nitrogen and oxygen atoms in total. The van der Waals surface area contributed by atoms with E-state index in [1.54, 1.807) is 12.0 Å². The van der Waals surface area contributed by atoms with E-state index in [9.17, 15) is 18.3 Å². The number of hydrogen-bond donors (Lipinski definition) is 1. The lowest BCUT2D eigenvalue weighted by molar-refractivity contribution is -0.160. The van der Waals surface area contributed by atoms with Crippen molar-refractivity contribution >= 4 is 15.7 Å². The summed E-state index contributed by atoms with van der Waals surface area (Å²) >= 11 is 0. The van der Waals surface area contributed by atoms with Crippen LogP contribution in [0, 0.1) is 0 Å². The standard InChI is InChI=1S/C13H24N2O5S/c1-20-8-5-15-4-2-3-13(17,12(15)16)11-14-6-9-21(18,19)10-7-14/h17H,2-11H2,1H3/t13-/m1/s1. The van der Waals surface area contributed by atoms with E-state index in [1.165, 1.54) is 0 Å².